The van der Waals surface area contributed by atoms with Crippen LogP contribution in [-0.4, -0.2) is 63.6 Å². The predicted octanol–water partition coefficient (Wildman–Crippen LogP) is 32.3. The predicted molar refractivity (Wildman–Crippen MR) is 577 cm³/mol. The van der Waals surface area contributed by atoms with Crippen molar-refractivity contribution in [1.29, 1.82) is 0 Å². The molecular weight excluding hydrogens is 1670 g/mol. The maximum Gasteiger partial charge on any atom is 0.138 e. The molecule has 0 aliphatic rings. The van der Waals surface area contributed by atoms with Gasteiger partial charge in [-0.05, 0) is 213 Å². The van der Waals surface area contributed by atoms with Crippen LogP contribution in [0.5, 0.6) is 0 Å². The van der Waals surface area contributed by atoms with Gasteiger partial charge in [0.1, 0.15) is 25.3 Å². The van der Waals surface area contributed by atoms with Crippen LogP contribution in [0.1, 0.15) is 244 Å². The van der Waals surface area contributed by atoms with E-state index < -0.39 is 0 Å². The van der Waals surface area contributed by atoms with Crippen molar-refractivity contribution >= 4 is 43.9 Å². The summed E-state index contributed by atoms with van der Waals surface area (Å²) in [5, 5.41) is 21.9. The van der Waals surface area contributed by atoms with Gasteiger partial charge in [-0.2, -0.15) is 20.4 Å². The number of nitrogens with zero attached hydrogens (tertiary/aromatic N) is 13. The Kier molecular flexibility index (Phi) is 36.2. The first-order valence-electron chi connectivity index (χ1n) is 46.7. The SMILES string of the molecule is C.CC(C)(C)Cc1ccc(-c2ccccc2)cc1.CC(C)(C)c1ccc(-c2ccccc2)s1.CC(C)(C)c1ccc(-n2cccn2)cc1.CC(C)(C)c1ccc(-n2cncn2)cc1.CC(C)(C)c1cccc(-n2cncn2)c1.CC(C)(C)c1cccc2cnccc12.CC(C)(C)c1cccc2ncccc12.CC(C)(C)c1ccccc1-n1cccn1.Cn1cc(C(C)(C)C)c2ccccc21. The van der Waals surface area contributed by atoms with Gasteiger partial charge in [0.2, 0.25) is 0 Å². The van der Waals surface area contributed by atoms with Gasteiger partial charge in [0.05, 0.1) is 28.3 Å². The van der Waals surface area contributed by atoms with Crippen molar-refractivity contribution < 1.29 is 0 Å². The molecule has 13 nitrogen and oxygen atoms in total. The van der Waals surface area contributed by atoms with Crippen molar-refractivity contribution in [2.24, 2.45) is 12.5 Å². The monoisotopic (exact) mass is 1820 g/mol. The highest BCUT2D eigenvalue weighted by Gasteiger charge is 2.24. The molecule has 0 fully saturated rings. The van der Waals surface area contributed by atoms with Crippen LogP contribution in [0, 0.1) is 5.41 Å². The molecule has 0 saturated heterocycles. The Bertz CT molecular complexity index is 6330. The van der Waals surface area contributed by atoms with Gasteiger partial charge in [0.25, 0.3) is 0 Å². The van der Waals surface area contributed by atoms with E-state index in [-0.39, 0.29) is 50.7 Å². The molecule has 0 N–H and O–H groups in total. The van der Waals surface area contributed by atoms with E-state index in [1.807, 2.05) is 82.0 Å². The van der Waals surface area contributed by atoms with Crippen LogP contribution in [-0.2, 0) is 56.8 Å². The van der Waals surface area contributed by atoms with Gasteiger partial charge in [0, 0.05) is 88.1 Å². The lowest BCUT2D eigenvalue weighted by Crippen LogP contribution is -2.15. The van der Waals surface area contributed by atoms with Gasteiger partial charge in [-0.25, -0.2) is 28.7 Å². The summed E-state index contributed by atoms with van der Waals surface area (Å²) in [6.07, 6.45) is 23.0. The molecule has 10 aromatic carbocycles. The summed E-state index contributed by atoms with van der Waals surface area (Å²) in [6.45, 7) is 60.3. The number of benzene rings is 10. The van der Waals surface area contributed by atoms with Crippen molar-refractivity contribution in [3.63, 3.8) is 0 Å². The highest BCUT2D eigenvalue weighted by atomic mass is 32.1. The Morgan fingerprint density at radius 3 is 1.29 bits per heavy atom. The van der Waals surface area contributed by atoms with E-state index >= 15 is 0 Å². The van der Waals surface area contributed by atoms with Crippen molar-refractivity contribution in [2.75, 3.05) is 0 Å². The lowest BCUT2D eigenvalue weighted by molar-refractivity contribution is 0.411. The average Bonchev–Trinajstić information content (AvgIpc) is 1.68. The van der Waals surface area contributed by atoms with E-state index in [1.165, 1.54) is 104 Å². The second-order valence-corrected chi connectivity index (χ2v) is 44.6. The van der Waals surface area contributed by atoms with E-state index in [9.17, 15) is 0 Å². The fourth-order valence-corrected chi connectivity index (χ4v) is 16.3. The molecular formula is C121H149N13S. The Morgan fingerprint density at radius 2 is 0.778 bits per heavy atom. The number of para-hydroxylation sites is 2. The Balaban J connectivity index is 0.000000170. The number of aromatic nitrogens is 13. The van der Waals surface area contributed by atoms with Crippen LogP contribution in [0.2, 0.25) is 0 Å². The summed E-state index contributed by atoms with van der Waals surface area (Å²) in [5.41, 5.74) is 23.5. The number of hydrogen-bond donors (Lipinski definition) is 0. The number of thiophene rings is 1. The molecule has 0 radical (unpaired) electrons. The highest BCUT2D eigenvalue weighted by Crippen LogP contribution is 2.38. The number of fused-ring (bicyclic) bond motifs is 3. The van der Waals surface area contributed by atoms with Crippen molar-refractivity contribution in [1.82, 2.24) is 63.6 Å². The molecule has 18 rings (SSSR count). The lowest BCUT2D eigenvalue weighted by Gasteiger charge is -2.22. The number of hydrogen-bond acceptors (Lipinski definition) is 9. The fourth-order valence-electron chi connectivity index (χ4n) is 15.2. The minimum absolute atomic E-state index is 0. The smallest absolute Gasteiger partial charge is 0.138 e. The largest absolute Gasteiger partial charge is 0.350 e. The quantitative estimate of drug-likeness (QED) is 0.154. The van der Waals surface area contributed by atoms with Gasteiger partial charge in [-0.15, -0.1) is 11.3 Å². The molecule has 0 saturated carbocycles. The molecule has 18 aromatic rings. The Morgan fingerprint density at radius 1 is 0.304 bits per heavy atom. The van der Waals surface area contributed by atoms with Gasteiger partial charge in [-0.3, -0.25) is 9.97 Å². The third-order valence-corrected chi connectivity index (χ3v) is 24.2. The molecule has 8 heterocycles. The number of aryl methyl sites for hydroxylation is 1. The van der Waals surface area contributed by atoms with Crippen LogP contribution >= 0.6 is 11.3 Å². The van der Waals surface area contributed by atoms with Gasteiger partial charge in [-0.1, -0.05) is 388 Å². The molecule has 0 amide bonds. The minimum atomic E-state index is 0. The summed E-state index contributed by atoms with van der Waals surface area (Å²) in [6, 6.07) is 99.6. The minimum Gasteiger partial charge on any atom is -0.350 e. The van der Waals surface area contributed by atoms with E-state index in [4.69, 9.17) is 0 Å². The summed E-state index contributed by atoms with van der Waals surface area (Å²) < 4.78 is 9.52. The Hall–Kier alpha value is -13.0. The van der Waals surface area contributed by atoms with E-state index in [1.54, 1.807) is 40.7 Å². The molecule has 704 valence electrons. The van der Waals surface area contributed by atoms with Crippen molar-refractivity contribution in [3.05, 3.63) is 409 Å². The highest BCUT2D eigenvalue weighted by molar-refractivity contribution is 7.15. The summed E-state index contributed by atoms with van der Waals surface area (Å²) in [7, 11) is 2.11. The number of rotatable bonds is 7. The van der Waals surface area contributed by atoms with Crippen molar-refractivity contribution in [3.8, 4) is 44.3 Å². The van der Waals surface area contributed by atoms with Crippen LogP contribution in [0.25, 0.3) is 76.9 Å². The van der Waals surface area contributed by atoms with E-state index in [2.05, 4.69) is 500 Å². The Labute approximate surface area is 812 Å². The molecule has 135 heavy (non-hydrogen) atoms. The van der Waals surface area contributed by atoms with Gasteiger partial charge < -0.3 is 4.57 Å². The summed E-state index contributed by atoms with van der Waals surface area (Å²) in [4.78, 5) is 19.2. The summed E-state index contributed by atoms with van der Waals surface area (Å²) >= 11 is 1.89. The molecule has 0 aliphatic heterocycles. The zero-order valence-corrected chi connectivity index (χ0v) is 85.8. The zero-order valence-electron chi connectivity index (χ0n) is 85.0. The molecule has 8 aromatic heterocycles. The van der Waals surface area contributed by atoms with E-state index in [0.29, 0.717) is 5.41 Å². The van der Waals surface area contributed by atoms with Gasteiger partial charge >= 0.3 is 0 Å². The van der Waals surface area contributed by atoms with Crippen molar-refractivity contribution in [2.45, 2.75) is 244 Å². The first kappa shape index (κ1) is 106. The molecule has 0 aliphatic carbocycles. The third kappa shape index (κ3) is 31.5. The average molecular weight is 1820 g/mol. The van der Waals surface area contributed by atoms with Crippen LogP contribution in [0.15, 0.2) is 360 Å². The molecule has 0 atom stereocenters. The first-order valence-corrected chi connectivity index (χ1v) is 47.6. The maximum absolute atomic E-state index is 4.36. The standard InChI is InChI=1S/C17H20.C14H16S.2C13H16N2.C13H17N.2C13H15N.2C12H15N3.CH4/c1-17(2,3)13-14-9-11-16(12-10-14)15-7-5-4-6-8-15;1-14(2,3)13-10-9-12(15-13)11-7-5-4-6-8-11;1-13(2,3)11-5-7-12(8-6-11)15-10-4-9-14-15;1-13(2,3)11-7-4-5-8-12(11)15-10-6-9-14-15;1-13(2,3)11-9-14(4)12-8-6-5-7-10(11)12;1-13(2,3)11-7-4-8-12-10(11)6-5-9-14-12;1-13(2,3)12-6-4-5-10-9-14-8-7-11(10)12;1-12(2,3)10-4-6-11(7-5-10)15-9-13-8-14-15;1-12(2,3)10-5-4-6-11(7-10)15-9-13-8-14-15;/h4-12H,13H2,1-3H3;3*4-10H,1-3H3;5-9H,1-4H3;2*4-9H,1-3H3;2*4-9H,1-3H3;1H4. The lowest BCUT2D eigenvalue weighted by atomic mass is 9.84. The van der Waals surface area contributed by atoms with Crippen LogP contribution in [0.4, 0.5) is 0 Å². The zero-order chi connectivity index (χ0) is 97.5. The second-order valence-electron chi connectivity index (χ2n) is 43.5. The van der Waals surface area contributed by atoms with Crippen LogP contribution < -0.4 is 0 Å². The molecule has 14 heteroatoms. The van der Waals surface area contributed by atoms with Gasteiger partial charge in [0.15, 0.2) is 0 Å². The number of pyridine rings is 2. The second kappa shape index (κ2) is 46.3. The van der Waals surface area contributed by atoms with E-state index in [0.717, 1.165) is 34.7 Å². The maximum atomic E-state index is 4.36. The third-order valence-electron chi connectivity index (χ3n) is 22.6. The first-order chi connectivity index (χ1) is 63.1. The fraction of sp³-hybridized carbons (Fsp3) is 0.322. The molecule has 0 bridgehead atoms. The molecule has 0 unspecified atom stereocenters. The molecule has 0 spiro atoms. The topological polar surface area (TPSA) is 128 Å². The normalized spacial score (nSPS) is 11.7. The van der Waals surface area contributed by atoms with Crippen LogP contribution in [0.3, 0.4) is 0 Å². The summed E-state index contributed by atoms with van der Waals surface area (Å²) in [5.74, 6) is 0.